The zero-order valence-corrected chi connectivity index (χ0v) is 8.85. The third-order valence-corrected chi connectivity index (χ3v) is 2.21. The smallest absolute Gasteiger partial charge is 0.252 e. The highest BCUT2D eigenvalue weighted by Gasteiger charge is 2.06. The molecule has 13 heavy (non-hydrogen) atoms. The molecule has 0 spiro atoms. The summed E-state index contributed by atoms with van der Waals surface area (Å²) in [5, 5.41) is -0.384. The number of halogens is 1. The van der Waals surface area contributed by atoms with E-state index in [9.17, 15) is 4.79 Å². The zero-order chi connectivity index (χ0) is 10.0. The number of carbonyl (C=O) groups excluding carboxylic acids is 1. The van der Waals surface area contributed by atoms with Crippen LogP contribution in [0, 0.1) is 6.92 Å². The van der Waals surface area contributed by atoms with Gasteiger partial charge in [-0.2, -0.15) is 0 Å². The topological polar surface area (TPSA) is 17.1 Å². The molecule has 70 valence electrons. The normalized spacial score (nSPS) is 10.5. The summed E-state index contributed by atoms with van der Waals surface area (Å²) in [7, 11) is 0. The van der Waals surface area contributed by atoms with Gasteiger partial charge in [-0.15, -0.1) is 0 Å². The van der Waals surface area contributed by atoms with Crippen molar-refractivity contribution in [3.63, 3.8) is 0 Å². The van der Waals surface area contributed by atoms with E-state index in [1.807, 2.05) is 13.0 Å². The Hall–Kier alpha value is -0.820. The standard InChI is InChI=1S/C11H13ClO/c1-7(2)9-4-8(3)5-10(6-9)11(12)13/h4-7H,1-3H3. The highest BCUT2D eigenvalue weighted by molar-refractivity contribution is 6.67. The molecule has 1 nitrogen and oxygen atoms in total. The molecule has 0 aromatic heterocycles. The third kappa shape index (κ3) is 2.56. The second kappa shape index (κ2) is 3.93. The number of hydrogen-bond acceptors (Lipinski definition) is 1. The third-order valence-electron chi connectivity index (χ3n) is 1.99. The van der Waals surface area contributed by atoms with Gasteiger partial charge in [0.1, 0.15) is 0 Å². The van der Waals surface area contributed by atoms with Crippen LogP contribution >= 0.6 is 11.6 Å². The first-order chi connectivity index (χ1) is 6.00. The van der Waals surface area contributed by atoms with Crippen LogP contribution in [0.15, 0.2) is 18.2 Å². The molecule has 1 aromatic rings. The van der Waals surface area contributed by atoms with Gasteiger partial charge in [0.2, 0.25) is 0 Å². The van der Waals surface area contributed by atoms with Crippen LogP contribution in [-0.2, 0) is 0 Å². The minimum Gasteiger partial charge on any atom is -0.276 e. The van der Waals surface area contributed by atoms with Crippen LogP contribution in [0.2, 0.25) is 0 Å². The lowest BCUT2D eigenvalue weighted by Gasteiger charge is -2.07. The Labute approximate surface area is 83.7 Å². The molecule has 1 aromatic carbocycles. The quantitative estimate of drug-likeness (QED) is 0.662. The van der Waals surface area contributed by atoms with Gasteiger partial charge in [0.25, 0.3) is 5.24 Å². The van der Waals surface area contributed by atoms with E-state index in [1.54, 1.807) is 6.07 Å². The fraction of sp³-hybridized carbons (Fsp3) is 0.364. The fourth-order valence-corrected chi connectivity index (χ4v) is 1.37. The summed E-state index contributed by atoms with van der Waals surface area (Å²) in [6.45, 7) is 6.16. The zero-order valence-electron chi connectivity index (χ0n) is 8.10. The second-order valence-electron chi connectivity index (χ2n) is 3.56. The first-order valence-electron chi connectivity index (χ1n) is 4.32. The van der Waals surface area contributed by atoms with Crippen LogP contribution < -0.4 is 0 Å². The first kappa shape index (κ1) is 10.3. The minimum absolute atomic E-state index is 0.384. The molecule has 0 aliphatic carbocycles. The van der Waals surface area contributed by atoms with Crippen LogP contribution in [0.5, 0.6) is 0 Å². The SMILES string of the molecule is Cc1cc(C(=O)Cl)cc(C(C)C)c1. The van der Waals surface area contributed by atoms with Crippen molar-refractivity contribution in [3.05, 3.63) is 34.9 Å². The van der Waals surface area contributed by atoms with E-state index >= 15 is 0 Å². The van der Waals surface area contributed by atoms with Crippen LogP contribution in [0.4, 0.5) is 0 Å². The van der Waals surface area contributed by atoms with Gasteiger partial charge in [-0.25, -0.2) is 0 Å². The molecule has 0 heterocycles. The summed E-state index contributed by atoms with van der Waals surface area (Å²) >= 11 is 5.41. The van der Waals surface area contributed by atoms with Crippen LogP contribution in [-0.4, -0.2) is 5.24 Å². The number of carbonyl (C=O) groups is 1. The molecule has 0 N–H and O–H groups in total. The molecule has 2 heteroatoms. The highest BCUT2D eigenvalue weighted by atomic mass is 35.5. The Morgan fingerprint density at radius 1 is 1.31 bits per heavy atom. The number of rotatable bonds is 2. The molecule has 0 amide bonds. The second-order valence-corrected chi connectivity index (χ2v) is 3.90. The average Bonchev–Trinajstić information content (AvgIpc) is 2.03. The van der Waals surface area contributed by atoms with Crippen molar-refractivity contribution in [3.8, 4) is 0 Å². The molecular formula is C11H13ClO. The van der Waals surface area contributed by atoms with Gasteiger partial charge in [0, 0.05) is 5.56 Å². The van der Waals surface area contributed by atoms with Crippen LogP contribution in [0.3, 0.4) is 0 Å². The molecular weight excluding hydrogens is 184 g/mol. The van der Waals surface area contributed by atoms with Crippen molar-refractivity contribution in [1.82, 2.24) is 0 Å². The van der Waals surface area contributed by atoms with Crippen molar-refractivity contribution >= 4 is 16.8 Å². The summed E-state index contributed by atoms with van der Waals surface area (Å²) in [4.78, 5) is 10.9. The molecule has 0 saturated heterocycles. The predicted octanol–water partition coefficient (Wildman–Crippen LogP) is 3.50. The van der Waals surface area contributed by atoms with Crippen molar-refractivity contribution < 1.29 is 4.79 Å². The van der Waals surface area contributed by atoms with E-state index in [2.05, 4.69) is 19.9 Å². The maximum Gasteiger partial charge on any atom is 0.252 e. The molecule has 0 saturated carbocycles. The van der Waals surface area contributed by atoms with Crippen LogP contribution in [0.1, 0.15) is 41.3 Å². The van der Waals surface area contributed by atoms with Gasteiger partial charge in [-0.05, 0) is 42.1 Å². The lowest BCUT2D eigenvalue weighted by Crippen LogP contribution is -1.95. The Morgan fingerprint density at radius 2 is 1.92 bits per heavy atom. The van der Waals surface area contributed by atoms with Gasteiger partial charge in [-0.3, -0.25) is 4.79 Å². The van der Waals surface area contributed by atoms with E-state index in [4.69, 9.17) is 11.6 Å². The average molecular weight is 197 g/mol. The van der Waals surface area contributed by atoms with Crippen molar-refractivity contribution in [2.45, 2.75) is 26.7 Å². The van der Waals surface area contributed by atoms with E-state index < -0.39 is 0 Å². The Bertz CT molecular complexity index is 329. The van der Waals surface area contributed by atoms with Crippen molar-refractivity contribution in [2.24, 2.45) is 0 Å². The summed E-state index contributed by atoms with van der Waals surface area (Å²) in [6, 6.07) is 5.74. The summed E-state index contributed by atoms with van der Waals surface area (Å²) < 4.78 is 0. The Morgan fingerprint density at radius 3 is 2.38 bits per heavy atom. The largest absolute Gasteiger partial charge is 0.276 e. The van der Waals surface area contributed by atoms with Crippen molar-refractivity contribution in [1.29, 1.82) is 0 Å². The van der Waals surface area contributed by atoms with E-state index in [1.165, 1.54) is 0 Å². The van der Waals surface area contributed by atoms with Gasteiger partial charge >= 0.3 is 0 Å². The molecule has 0 aliphatic heterocycles. The minimum atomic E-state index is -0.384. The van der Waals surface area contributed by atoms with Gasteiger partial charge in [0.15, 0.2) is 0 Å². The lowest BCUT2D eigenvalue weighted by molar-refractivity contribution is 0.108. The van der Waals surface area contributed by atoms with E-state index in [0.717, 1.165) is 11.1 Å². The Balaban J connectivity index is 3.19. The van der Waals surface area contributed by atoms with Crippen molar-refractivity contribution in [2.75, 3.05) is 0 Å². The van der Waals surface area contributed by atoms with Gasteiger partial charge in [-0.1, -0.05) is 25.5 Å². The molecule has 0 radical (unpaired) electrons. The number of hydrogen-bond donors (Lipinski definition) is 0. The summed E-state index contributed by atoms with van der Waals surface area (Å²) in [6.07, 6.45) is 0. The van der Waals surface area contributed by atoms with Gasteiger partial charge in [0.05, 0.1) is 0 Å². The molecule has 0 aliphatic rings. The summed E-state index contributed by atoms with van der Waals surface area (Å²) in [5.74, 6) is 0.426. The van der Waals surface area contributed by atoms with Gasteiger partial charge < -0.3 is 0 Å². The van der Waals surface area contributed by atoms with E-state index in [0.29, 0.717) is 11.5 Å². The number of aryl methyl sites for hydroxylation is 1. The molecule has 0 unspecified atom stereocenters. The highest BCUT2D eigenvalue weighted by Crippen LogP contribution is 2.19. The monoisotopic (exact) mass is 196 g/mol. The summed E-state index contributed by atoms with van der Waals surface area (Å²) in [5.41, 5.74) is 2.82. The number of benzene rings is 1. The molecule has 0 fully saturated rings. The molecule has 0 bridgehead atoms. The molecule has 1 rings (SSSR count). The maximum atomic E-state index is 10.9. The first-order valence-corrected chi connectivity index (χ1v) is 4.70. The maximum absolute atomic E-state index is 10.9. The Kier molecular flexibility index (Phi) is 3.10. The van der Waals surface area contributed by atoms with E-state index in [-0.39, 0.29) is 5.24 Å². The van der Waals surface area contributed by atoms with Crippen LogP contribution in [0.25, 0.3) is 0 Å². The predicted molar refractivity (Wildman–Crippen MR) is 55.5 cm³/mol. The lowest BCUT2D eigenvalue weighted by atomic mass is 9.99. The fourth-order valence-electron chi connectivity index (χ4n) is 1.26. The molecule has 0 atom stereocenters.